The summed E-state index contributed by atoms with van der Waals surface area (Å²) < 4.78 is 5.53. The molecule has 2 aromatic carbocycles. The van der Waals surface area contributed by atoms with Crippen molar-refractivity contribution in [3.8, 4) is 17.6 Å². The molecule has 0 heterocycles. The summed E-state index contributed by atoms with van der Waals surface area (Å²) in [6, 6.07) is 10.3. The van der Waals surface area contributed by atoms with Gasteiger partial charge < -0.3 is 10.5 Å². The molecule has 0 radical (unpaired) electrons. The second-order valence-electron chi connectivity index (χ2n) is 4.50. The highest BCUT2D eigenvalue weighted by Crippen LogP contribution is 2.33. The highest BCUT2D eigenvalue weighted by atomic mass is 16.6. The lowest BCUT2D eigenvalue weighted by molar-refractivity contribution is -0.385. The average Bonchev–Trinajstić information content (AvgIpc) is 2.49. The van der Waals surface area contributed by atoms with Gasteiger partial charge in [0.05, 0.1) is 16.6 Å². The first-order valence-corrected chi connectivity index (χ1v) is 6.19. The van der Waals surface area contributed by atoms with Crippen LogP contribution in [0.1, 0.15) is 21.5 Å². The number of primary amides is 1. The van der Waals surface area contributed by atoms with Crippen molar-refractivity contribution < 1.29 is 14.5 Å². The van der Waals surface area contributed by atoms with E-state index in [-0.39, 0.29) is 28.3 Å². The van der Waals surface area contributed by atoms with Crippen LogP contribution in [0.5, 0.6) is 11.5 Å². The number of hydrogen-bond donors (Lipinski definition) is 1. The Balaban J connectivity index is 2.47. The maximum absolute atomic E-state index is 11.2. The minimum atomic E-state index is -0.635. The summed E-state index contributed by atoms with van der Waals surface area (Å²) in [7, 11) is 0. The molecule has 0 atom stereocenters. The number of nitrogens with two attached hydrogens (primary N) is 1. The number of rotatable bonds is 4. The lowest BCUT2D eigenvalue weighted by Gasteiger charge is -2.10. The zero-order valence-electron chi connectivity index (χ0n) is 11.6. The van der Waals surface area contributed by atoms with Crippen molar-refractivity contribution >= 4 is 11.6 Å². The van der Waals surface area contributed by atoms with E-state index >= 15 is 0 Å². The minimum absolute atomic E-state index is 0.0197. The summed E-state index contributed by atoms with van der Waals surface area (Å²) >= 11 is 0. The number of aryl methyl sites for hydroxylation is 1. The summed E-state index contributed by atoms with van der Waals surface area (Å²) in [5, 5.41) is 19.9. The van der Waals surface area contributed by atoms with Crippen molar-refractivity contribution in [2.45, 2.75) is 6.92 Å². The van der Waals surface area contributed by atoms with E-state index in [4.69, 9.17) is 15.7 Å². The minimum Gasteiger partial charge on any atom is -0.450 e. The van der Waals surface area contributed by atoms with Crippen LogP contribution in [0, 0.1) is 28.4 Å². The fourth-order valence-electron chi connectivity index (χ4n) is 1.80. The fraction of sp³-hybridized carbons (Fsp3) is 0.0667. The molecule has 0 aliphatic carbocycles. The molecule has 2 N–H and O–H groups in total. The van der Waals surface area contributed by atoms with Crippen molar-refractivity contribution in [1.29, 1.82) is 5.26 Å². The Hall–Kier alpha value is -3.40. The van der Waals surface area contributed by atoms with Gasteiger partial charge in [-0.15, -0.1) is 0 Å². The van der Waals surface area contributed by atoms with Crippen LogP contribution in [0.2, 0.25) is 0 Å². The van der Waals surface area contributed by atoms with Gasteiger partial charge in [0.1, 0.15) is 5.75 Å². The quantitative estimate of drug-likeness (QED) is 0.687. The molecule has 7 heteroatoms. The van der Waals surface area contributed by atoms with Crippen molar-refractivity contribution in [3.63, 3.8) is 0 Å². The van der Waals surface area contributed by atoms with E-state index in [0.717, 1.165) is 6.07 Å². The van der Waals surface area contributed by atoms with Crippen LogP contribution >= 0.6 is 0 Å². The van der Waals surface area contributed by atoms with Gasteiger partial charge in [-0.1, -0.05) is 6.07 Å². The first-order chi connectivity index (χ1) is 10.4. The predicted octanol–water partition coefficient (Wildman–Crippen LogP) is 2.67. The van der Waals surface area contributed by atoms with Crippen LogP contribution in [-0.4, -0.2) is 10.8 Å². The van der Waals surface area contributed by atoms with E-state index in [9.17, 15) is 14.9 Å². The third-order valence-corrected chi connectivity index (χ3v) is 2.98. The third-order valence-electron chi connectivity index (χ3n) is 2.98. The summed E-state index contributed by atoms with van der Waals surface area (Å²) in [5.41, 5.74) is 5.94. The molecule has 0 saturated heterocycles. The molecule has 1 amide bonds. The van der Waals surface area contributed by atoms with E-state index in [0.29, 0.717) is 5.56 Å². The van der Waals surface area contributed by atoms with Crippen LogP contribution in [0.25, 0.3) is 0 Å². The summed E-state index contributed by atoms with van der Waals surface area (Å²) in [6.07, 6.45) is 0. The number of nitrogens with zero attached hydrogens (tertiary/aromatic N) is 2. The first-order valence-electron chi connectivity index (χ1n) is 6.19. The fourth-order valence-corrected chi connectivity index (χ4v) is 1.80. The predicted molar refractivity (Wildman–Crippen MR) is 77.6 cm³/mol. The molecule has 0 aliphatic heterocycles. The number of ether oxygens (including phenoxy) is 1. The van der Waals surface area contributed by atoms with Gasteiger partial charge in [0.15, 0.2) is 0 Å². The number of nitro groups is 1. The Bertz CT molecular complexity index is 809. The Kier molecular flexibility index (Phi) is 4.04. The summed E-state index contributed by atoms with van der Waals surface area (Å²) in [6.45, 7) is 1.73. The standard InChI is InChI=1S/C15H11N3O4/c1-9-2-4-11(15(17)19)7-14(9)22-13-5-3-10(8-16)6-12(13)18(20)21/h2-7H,1H3,(H2,17,19). The Morgan fingerprint density at radius 2 is 2.00 bits per heavy atom. The van der Waals surface area contributed by atoms with Gasteiger partial charge in [-0.2, -0.15) is 5.26 Å². The van der Waals surface area contributed by atoms with Crippen molar-refractivity contribution in [2.24, 2.45) is 5.73 Å². The molecule has 22 heavy (non-hydrogen) atoms. The maximum atomic E-state index is 11.2. The Morgan fingerprint density at radius 3 is 2.59 bits per heavy atom. The van der Waals surface area contributed by atoms with Gasteiger partial charge in [0.2, 0.25) is 11.7 Å². The molecule has 7 nitrogen and oxygen atoms in total. The highest BCUT2D eigenvalue weighted by Gasteiger charge is 2.18. The average molecular weight is 297 g/mol. The normalized spacial score (nSPS) is 9.82. The van der Waals surface area contributed by atoms with Gasteiger partial charge in [-0.25, -0.2) is 0 Å². The number of benzene rings is 2. The second kappa shape index (κ2) is 5.93. The number of amides is 1. The van der Waals surface area contributed by atoms with Crippen molar-refractivity contribution in [1.82, 2.24) is 0 Å². The number of nitro benzene ring substituents is 1. The van der Waals surface area contributed by atoms with Crippen LogP contribution < -0.4 is 10.5 Å². The SMILES string of the molecule is Cc1ccc(C(N)=O)cc1Oc1ccc(C#N)cc1[N+](=O)[O-]. The smallest absolute Gasteiger partial charge is 0.312 e. The van der Waals surface area contributed by atoms with Crippen LogP contribution in [0.4, 0.5) is 5.69 Å². The van der Waals surface area contributed by atoms with E-state index in [1.54, 1.807) is 13.0 Å². The largest absolute Gasteiger partial charge is 0.450 e. The van der Waals surface area contributed by atoms with E-state index in [2.05, 4.69) is 0 Å². The van der Waals surface area contributed by atoms with E-state index in [1.165, 1.54) is 24.3 Å². The number of carbonyl (C=O) groups excluding carboxylic acids is 1. The molecule has 0 fully saturated rings. The monoisotopic (exact) mass is 297 g/mol. The molecular weight excluding hydrogens is 286 g/mol. The van der Waals surface area contributed by atoms with Gasteiger partial charge in [-0.3, -0.25) is 14.9 Å². The summed E-state index contributed by atoms with van der Waals surface area (Å²) in [5.74, 6) is -0.364. The number of nitriles is 1. The van der Waals surface area contributed by atoms with Crippen LogP contribution in [-0.2, 0) is 0 Å². The molecular formula is C15H11N3O4. The second-order valence-corrected chi connectivity index (χ2v) is 4.50. The first kappa shape index (κ1) is 15.0. The van der Waals surface area contributed by atoms with Crippen LogP contribution in [0.3, 0.4) is 0 Å². The van der Waals surface area contributed by atoms with Crippen molar-refractivity contribution in [2.75, 3.05) is 0 Å². The molecule has 0 unspecified atom stereocenters. The third kappa shape index (κ3) is 3.02. The summed E-state index contributed by atoms with van der Waals surface area (Å²) in [4.78, 5) is 21.6. The topological polar surface area (TPSA) is 119 Å². The maximum Gasteiger partial charge on any atom is 0.312 e. The van der Waals surface area contributed by atoms with Crippen molar-refractivity contribution in [3.05, 3.63) is 63.2 Å². The molecule has 0 aromatic heterocycles. The molecule has 2 aromatic rings. The Labute approximate surface area is 125 Å². The lowest BCUT2D eigenvalue weighted by Crippen LogP contribution is -2.11. The molecule has 0 saturated carbocycles. The molecule has 110 valence electrons. The van der Waals surface area contributed by atoms with Gasteiger partial charge >= 0.3 is 5.69 Å². The van der Waals surface area contributed by atoms with E-state index in [1.807, 2.05) is 6.07 Å². The van der Waals surface area contributed by atoms with E-state index < -0.39 is 10.8 Å². The number of carbonyl (C=O) groups is 1. The molecule has 0 aliphatic rings. The van der Waals surface area contributed by atoms with Crippen LogP contribution in [0.15, 0.2) is 36.4 Å². The molecule has 0 spiro atoms. The molecule has 0 bridgehead atoms. The van der Waals surface area contributed by atoms with Gasteiger partial charge in [0.25, 0.3) is 0 Å². The lowest BCUT2D eigenvalue weighted by atomic mass is 10.1. The van der Waals surface area contributed by atoms with Gasteiger partial charge in [-0.05, 0) is 36.8 Å². The highest BCUT2D eigenvalue weighted by molar-refractivity contribution is 5.93. The van der Waals surface area contributed by atoms with Gasteiger partial charge in [0, 0.05) is 11.6 Å². The zero-order chi connectivity index (χ0) is 16.3. The molecule has 2 rings (SSSR count). The Morgan fingerprint density at radius 1 is 1.27 bits per heavy atom. The zero-order valence-corrected chi connectivity index (χ0v) is 11.6. The number of hydrogen-bond acceptors (Lipinski definition) is 5.